The molecule has 2 aromatic carbocycles. The van der Waals surface area contributed by atoms with Gasteiger partial charge in [-0.3, -0.25) is 4.79 Å². The van der Waals surface area contributed by atoms with E-state index in [0.29, 0.717) is 11.4 Å². The Bertz CT molecular complexity index is 604. The van der Waals surface area contributed by atoms with Crippen molar-refractivity contribution in [2.24, 2.45) is 5.73 Å². The molecule has 0 heterocycles. The molecule has 2 aromatic rings. The zero-order valence-electron chi connectivity index (χ0n) is 10.6. The van der Waals surface area contributed by atoms with E-state index in [0.717, 1.165) is 5.56 Å². The largest absolute Gasteiger partial charge is 0.322 e. The Kier molecular flexibility index (Phi) is 4.71. The highest BCUT2D eigenvalue weighted by Gasteiger charge is 2.16. The van der Waals surface area contributed by atoms with E-state index in [4.69, 9.17) is 17.3 Å². The first kappa shape index (κ1) is 14.5. The van der Waals surface area contributed by atoms with Crippen molar-refractivity contribution in [3.63, 3.8) is 0 Å². The summed E-state index contributed by atoms with van der Waals surface area (Å²) in [5.41, 5.74) is 6.80. The van der Waals surface area contributed by atoms with Crippen LogP contribution in [0.1, 0.15) is 5.56 Å². The maximum absolute atomic E-state index is 13.5. The summed E-state index contributed by atoms with van der Waals surface area (Å²) in [6.07, 6.45) is 0.384. The maximum Gasteiger partial charge on any atom is 0.241 e. The molecule has 0 aromatic heterocycles. The van der Waals surface area contributed by atoms with Gasteiger partial charge in [0.05, 0.1) is 11.7 Å². The summed E-state index contributed by atoms with van der Waals surface area (Å²) in [6, 6.07) is 12.6. The predicted molar refractivity (Wildman–Crippen MR) is 78.2 cm³/mol. The van der Waals surface area contributed by atoms with Gasteiger partial charge >= 0.3 is 0 Å². The molecule has 0 radical (unpaired) electrons. The fourth-order valence-corrected chi connectivity index (χ4v) is 1.95. The molecule has 0 aliphatic carbocycles. The van der Waals surface area contributed by atoms with Crippen molar-refractivity contribution in [1.82, 2.24) is 0 Å². The topological polar surface area (TPSA) is 55.1 Å². The molecule has 0 aliphatic heterocycles. The molecule has 0 spiro atoms. The highest BCUT2D eigenvalue weighted by atomic mass is 35.5. The Morgan fingerprint density at radius 3 is 2.65 bits per heavy atom. The smallest absolute Gasteiger partial charge is 0.241 e. The normalized spacial score (nSPS) is 11.9. The first-order valence-electron chi connectivity index (χ1n) is 6.11. The lowest BCUT2D eigenvalue weighted by Crippen LogP contribution is -2.37. The van der Waals surface area contributed by atoms with Gasteiger partial charge in [0.2, 0.25) is 5.91 Å². The maximum atomic E-state index is 13.5. The third kappa shape index (κ3) is 3.79. The molecular formula is C15H14ClFN2O. The Labute approximate surface area is 121 Å². The van der Waals surface area contributed by atoms with E-state index in [1.165, 1.54) is 18.2 Å². The van der Waals surface area contributed by atoms with E-state index in [-0.39, 0.29) is 5.69 Å². The molecule has 1 unspecified atom stereocenters. The lowest BCUT2D eigenvalue weighted by atomic mass is 10.1. The third-order valence-corrected chi connectivity index (χ3v) is 3.06. The summed E-state index contributed by atoms with van der Waals surface area (Å²) in [5.74, 6) is -0.996. The lowest BCUT2D eigenvalue weighted by molar-refractivity contribution is -0.117. The number of rotatable bonds is 4. The monoisotopic (exact) mass is 292 g/mol. The minimum Gasteiger partial charge on any atom is -0.322 e. The Morgan fingerprint density at radius 1 is 1.25 bits per heavy atom. The molecule has 1 atom stereocenters. The highest BCUT2D eigenvalue weighted by molar-refractivity contribution is 6.30. The van der Waals surface area contributed by atoms with Gasteiger partial charge < -0.3 is 11.1 Å². The number of carbonyl (C=O) groups excluding carboxylic acids is 1. The second-order valence-corrected chi connectivity index (χ2v) is 4.85. The van der Waals surface area contributed by atoms with E-state index in [1.807, 2.05) is 30.3 Å². The van der Waals surface area contributed by atoms with E-state index in [1.54, 1.807) is 0 Å². The van der Waals surface area contributed by atoms with E-state index in [9.17, 15) is 9.18 Å². The molecule has 0 saturated carbocycles. The second-order valence-electron chi connectivity index (χ2n) is 4.41. The van der Waals surface area contributed by atoms with Crippen LogP contribution in [0.25, 0.3) is 0 Å². The molecule has 3 nitrogen and oxygen atoms in total. The molecule has 2 rings (SSSR count). The van der Waals surface area contributed by atoms with Crippen molar-refractivity contribution < 1.29 is 9.18 Å². The fourth-order valence-electron chi connectivity index (χ4n) is 1.78. The Morgan fingerprint density at radius 2 is 1.95 bits per heavy atom. The predicted octanol–water partition coefficient (Wildman–Crippen LogP) is 2.99. The van der Waals surface area contributed by atoms with Crippen molar-refractivity contribution in [3.05, 3.63) is 64.9 Å². The first-order chi connectivity index (χ1) is 9.56. The van der Waals surface area contributed by atoms with Crippen LogP contribution in [0.5, 0.6) is 0 Å². The van der Waals surface area contributed by atoms with Crippen LogP contribution in [0, 0.1) is 5.82 Å². The number of hydrogen-bond donors (Lipinski definition) is 2. The van der Waals surface area contributed by atoms with E-state index >= 15 is 0 Å². The van der Waals surface area contributed by atoms with Crippen molar-refractivity contribution in [2.75, 3.05) is 5.32 Å². The zero-order valence-corrected chi connectivity index (χ0v) is 11.4. The minimum absolute atomic E-state index is 0.0333. The van der Waals surface area contributed by atoms with Gasteiger partial charge in [0.15, 0.2) is 0 Å². The Balaban J connectivity index is 2.02. The van der Waals surface area contributed by atoms with Gasteiger partial charge in [-0.15, -0.1) is 0 Å². The van der Waals surface area contributed by atoms with Crippen LogP contribution in [-0.2, 0) is 11.2 Å². The SMILES string of the molecule is NC(Cc1ccccc1)C(=O)Nc1cc(Cl)ccc1F. The minimum atomic E-state index is -0.754. The van der Waals surface area contributed by atoms with Gasteiger partial charge in [0.1, 0.15) is 5.82 Å². The number of nitrogens with one attached hydrogen (secondary N) is 1. The van der Waals surface area contributed by atoms with Gasteiger partial charge in [-0.1, -0.05) is 41.9 Å². The lowest BCUT2D eigenvalue weighted by Gasteiger charge is -2.13. The van der Waals surface area contributed by atoms with Gasteiger partial charge in [-0.25, -0.2) is 4.39 Å². The van der Waals surface area contributed by atoms with Crippen LogP contribution >= 0.6 is 11.6 Å². The molecule has 3 N–H and O–H groups in total. The summed E-state index contributed by atoms with van der Waals surface area (Å²) < 4.78 is 13.5. The van der Waals surface area contributed by atoms with Gasteiger partial charge in [-0.2, -0.15) is 0 Å². The number of hydrogen-bond acceptors (Lipinski definition) is 2. The standard InChI is InChI=1S/C15H14ClFN2O/c16-11-6-7-12(17)14(9-11)19-15(20)13(18)8-10-4-2-1-3-5-10/h1-7,9,13H,8,18H2,(H,19,20). The summed E-state index contributed by atoms with van der Waals surface area (Å²) >= 11 is 5.76. The van der Waals surface area contributed by atoms with Crippen LogP contribution in [0.15, 0.2) is 48.5 Å². The molecule has 104 valence electrons. The van der Waals surface area contributed by atoms with Crippen LogP contribution in [0.3, 0.4) is 0 Å². The summed E-state index contributed by atoms with van der Waals surface area (Å²) in [4.78, 5) is 11.9. The van der Waals surface area contributed by atoms with Gasteiger partial charge in [0.25, 0.3) is 0 Å². The average molecular weight is 293 g/mol. The van der Waals surface area contributed by atoms with Gasteiger partial charge in [0, 0.05) is 5.02 Å². The van der Waals surface area contributed by atoms with Crippen molar-refractivity contribution >= 4 is 23.2 Å². The average Bonchev–Trinajstić information content (AvgIpc) is 2.44. The van der Waals surface area contributed by atoms with Crippen molar-refractivity contribution in [1.29, 1.82) is 0 Å². The second kappa shape index (κ2) is 6.50. The van der Waals surface area contributed by atoms with E-state index < -0.39 is 17.8 Å². The molecule has 1 amide bonds. The molecule has 0 saturated heterocycles. The summed E-state index contributed by atoms with van der Waals surface area (Å²) in [6.45, 7) is 0. The van der Waals surface area contributed by atoms with Gasteiger partial charge in [-0.05, 0) is 30.2 Å². The van der Waals surface area contributed by atoms with Crippen molar-refractivity contribution in [3.8, 4) is 0 Å². The van der Waals surface area contributed by atoms with Crippen molar-refractivity contribution in [2.45, 2.75) is 12.5 Å². The molecule has 0 fully saturated rings. The number of nitrogens with two attached hydrogens (primary N) is 1. The molecular weight excluding hydrogens is 279 g/mol. The van der Waals surface area contributed by atoms with Crippen LogP contribution < -0.4 is 11.1 Å². The zero-order chi connectivity index (χ0) is 14.5. The summed E-state index contributed by atoms with van der Waals surface area (Å²) in [7, 11) is 0. The Hall–Kier alpha value is -1.91. The molecule has 5 heteroatoms. The summed E-state index contributed by atoms with van der Waals surface area (Å²) in [5, 5.41) is 2.79. The van der Waals surface area contributed by atoms with Crippen LogP contribution in [0.4, 0.5) is 10.1 Å². The number of anilines is 1. The molecule has 20 heavy (non-hydrogen) atoms. The van der Waals surface area contributed by atoms with E-state index in [2.05, 4.69) is 5.32 Å². The molecule has 0 aliphatic rings. The highest BCUT2D eigenvalue weighted by Crippen LogP contribution is 2.19. The van der Waals surface area contributed by atoms with Crippen LogP contribution in [0.2, 0.25) is 5.02 Å². The number of benzene rings is 2. The third-order valence-electron chi connectivity index (χ3n) is 2.82. The number of halogens is 2. The number of amides is 1. The first-order valence-corrected chi connectivity index (χ1v) is 6.49. The quantitative estimate of drug-likeness (QED) is 0.910. The van der Waals surface area contributed by atoms with Crippen LogP contribution in [-0.4, -0.2) is 11.9 Å². The fraction of sp³-hybridized carbons (Fsp3) is 0.133. The number of carbonyl (C=O) groups is 1. The molecule has 0 bridgehead atoms.